The zero-order chi connectivity index (χ0) is 21.8. The molecular formula is C23H28N4O3S. The maximum absolute atomic E-state index is 13.0. The first-order chi connectivity index (χ1) is 14.9. The average Bonchev–Trinajstić information content (AvgIpc) is 3.28. The molecule has 1 aliphatic rings. The lowest BCUT2D eigenvalue weighted by Crippen LogP contribution is -2.49. The van der Waals surface area contributed by atoms with E-state index in [0.29, 0.717) is 55.2 Å². The number of nitrogens with zero attached hydrogens (tertiary/aromatic N) is 4. The molecule has 0 atom stereocenters. The first kappa shape index (κ1) is 21.7. The molecule has 2 heterocycles. The Morgan fingerprint density at radius 2 is 1.61 bits per heavy atom. The quantitative estimate of drug-likeness (QED) is 0.560. The minimum atomic E-state index is -3.46. The second-order valence-electron chi connectivity index (χ2n) is 8.09. The Kier molecular flexibility index (Phi) is 6.50. The minimum Gasteiger partial charge on any atom is -0.421 e. The van der Waals surface area contributed by atoms with E-state index >= 15 is 0 Å². The van der Waals surface area contributed by atoms with Crippen LogP contribution in [-0.2, 0) is 16.4 Å². The molecule has 3 aromatic rings. The van der Waals surface area contributed by atoms with Gasteiger partial charge in [-0.1, -0.05) is 44.2 Å². The highest BCUT2D eigenvalue weighted by atomic mass is 32.2. The van der Waals surface area contributed by atoms with Gasteiger partial charge in [0.1, 0.15) is 0 Å². The molecule has 0 saturated carbocycles. The molecule has 8 heteroatoms. The van der Waals surface area contributed by atoms with Crippen molar-refractivity contribution in [1.82, 2.24) is 19.4 Å². The zero-order valence-corrected chi connectivity index (χ0v) is 18.8. The van der Waals surface area contributed by atoms with Crippen LogP contribution in [0.3, 0.4) is 0 Å². The predicted molar refractivity (Wildman–Crippen MR) is 119 cm³/mol. The molecule has 1 aliphatic heterocycles. The van der Waals surface area contributed by atoms with E-state index in [0.717, 1.165) is 17.7 Å². The van der Waals surface area contributed by atoms with Gasteiger partial charge in [-0.05, 0) is 35.7 Å². The summed E-state index contributed by atoms with van der Waals surface area (Å²) in [5, 5.41) is 8.26. The summed E-state index contributed by atoms with van der Waals surface area (Å²) in [7, 11) is -3.46. The van der Waals surface area contributed by atoms with Crippen molar-refractivity contribution in [3.8, 4) is 11.5 Å². The maximum Gasteiger partial charge on any atom is 0.247 e. The molecule has 0 N–H and O–H groups in total. The Labute approximate surface area is 183 Å². The second-order valence-corrected chi connectivity index (χ2v) is 10.0. The molecule has 1 saturated heterocycles. The highest BCUT2D eigenvalue weighted by molar-refractivity contribution is 7.89. The third-order valence-corrected chi connectivity index (χ3v) is 7.56. The van der Waals surface area contributed by atoms with Crippen molar-refractivity contribution in [3.63, 3.8) is 0 Å². The van der Waals surface area contributed by atoms with E-state index in [1.54, 1.807) is 16.4 Å². The van der Waals surface area contributed by atoms with Crippen LogP contribution >= 0.6 is 0 Å². The van der Waals surface area contributed by atoms with Crippen LogP contribution in [0.1, 0.15) is 31.2 Å². The molecule has 4 rings (SSSR count). The van der Waals surface area contributed by atoms with Gasteiger partial charge in [-0.2, -0.15) is 4.31 Å². The summed E-state index contributed by atoms with van der Waals surface area (Å²) in [6.45, 7) is 7.28. The normalized spacial score (nSPS) is 16.1. The molecule has 31 heavy (non-hydrogen) atoms. The summed E-state index contributed by atoms with van der Waals surface area (Å²) in [5.74, 6) is 1.50. The van der Waals surface area contributed by atoms with Gasteiger partial charge in [-0.15, -0.1) is 10.2 Å². The molecule has 7 nitrogen and oxygen atoms in total. The van der Waals surface area contributed by atoms with Crippen LogP contribution in [0, 0.1) is 0 Å². The van der Waals surface area contributed by atoms with Crippen molar-refractivity contribution in [3.05, 3.63) is 66.1 Å². The number of rotatable bonds is 7. The average molecular weight is 441 g/mol. The number of piperazine rings is 1. The van der Waals surface area contributed by atoms with Crippen LogP contribution < -0.4 is 0 Å². The summed E-state index contributed by atoms with van der Waals surface area (Å²) < 4.78 is 33.3. The lowest BCUT2D eigenvalue weighted by Gasteiger charge is -2.33. The Hall–Kier alpha value is -2.55. The van der Waals surface area contributed by atoms with E-state index in [-0.39, 0.29) is 0 Å². The van der Waals surface area contributed by atoms with Crippen molar-refractivity contribution in [1.29, 1.82) is 0 Å². The van der Waals surface area contributed by atoms with Crippen LogP contribution in [0.25, 0.3) is 11.5 Å². The van der Waals surface area contributed by atoms with Gasteiger partial charge in [0.2, 0.25) is 21.8 Å². The monoisotopic (exact) mass is 440 g/mol. The summed E-state index contributed by atoms with van der Waals surface area (Å²) in [6.07, 6.45) is 0.642. The number of benzene rings is 2. The smallest absolute Gasteiger partial charge is 0.247 e. The molecule has 1 fully saturated rings. The van der Waals surface area contributed by atoms with E-state index in [2.05, 4.69) is 28.9 Å². The van der Waals surface area contributed by atoms with Gasteiger partial charge in [0.05, 0.1) is 4.90 Å². The molecule has 2 aromatic carbocycles. The van der Waals surface area contributed by atoms with Crippen molar-refractivity contribution in [2.75, 3.05) is 32.7 Å². The van der Waals surface area contributed by atoms with Crippen LogP contribution in [0.5, 0.6) is 0 Å². The Bertz CT molecular complexity index is 1090. The summed E-state index contributed by atoms with van der Waals surface area (Å²) in [5.41, 5.74) is 2.04. The lowest BCUT2D eigenvalue weighted by molar-refractivity contribution is 0.187. The van der Waals surface area contributed by atoms with E-state index in [4.69, 9.17) is 4.42 Å². The van der Waals surface area contributed by atoms with Crippen molar-refractivity contribution < 1.29 is 12.8 Å². The van der Waals surface area contributed by atoms with E-state index in [9.17, 15) is 8.42 Å². The third kappa shape index (κ3) is 5.03. The van der Waals surface area contributed by atoms with Gasteiger partial charge >= 0.3 is 0 Å². The molecule has 164 valence electrons. The molecular weight excluding hydrogens is 412 g/mol. The van der Waals surface area contributed by atoms with E-state index in [1.165, 1.54) is 0 Å². The molecule has 0 unspecified atom stereocenters. The summed E-state index contributed by atoms with van der Waals surface area (Å²) in [6, 6.07) is 16.9. The number of hydrogen-bond acceptors (Lipinski definition) is 6. The van der Waals surface area contributed by atoms with Crippen molar-refractivity contribution in [2.45, 2.75) is 31.1 Å². The van der Waals surface area contributed by atoms with Crippen molar-refractivity contribution in [2.24, 2.45) is 0 Å². The van der Waals surface area contributed by atoms with Gasteiger partial charge in [0.15, 0.2) is 0 Å². The Morgan fingerprint density at radius 3 is 2.26 bits per heavy atom. The predicted octanol–water partition coefficient (Wildman–Crippen LogP) is 3.41. The van der Waals surface area contributed by atoms with Crippen molar-refractivity contribution >= 4 is 10.0 Å². The SMILES string of the molecule is CC(C)c1ccc(S(=O)(=O)N2CCN(CCc3nnc(-c4ccccc4)o3)CC2)cc1. The third-order valence-electron chi connectivity index (χ3n) is 5.65. The van der Waals surface area contributed by atoms with E-state index in [1.807, 2.05) is 42.5 Å². The molecule has 0 aliphatic carbocycles. The maximum atomic E-state index is 13.0. The first-order valence-corrected chi connectivity index (χ1v) is 12.1. The van der Waals surface area contributed by atoms with Gasteiger partial charge < -0.3 is 9.32 Å². The minimum absolute atomic E-state index is 0.365. The van der Waals surface area contributed by atoms with Gasteiger partial charge in [0.25, 0.3) is 0 Å². The fraction of sp³-hybridized carbons (Fsp3) is 0.391. The number of sulfonamides is 1. The summed E-state index contributed by atoms with van der Waals surface area (Å²) in [4.78, 5) is 2.60. The molecule has 0 bridgehead atoms. The van der Waals surface area contributed by atoms with Crippen LogP contribution in [-0.4, -0.2) is 60.5 Å². The fourth-order valence-corrected chi connectivity index (χ4v) is 5.10. The second kappa shape index (κ2) is 9.30. The van der Waals surface area contributed by atoms with Crippen LogP contribution in [0.2, 0.25) is 0 Å². The highest BCUT2D eigenvalue weighted by Crippen LogP contribution is 2.22. The summed E-state index contributed by atoms with van der Waals surface area (Å²) >= 11 is 0. The van der Waals surface area contributed by atoms with Gasteiger partial charge in [0, 0.05) is 44.7 Å². The number of hydrogen-bond donors (Lipinski definition) is 0. The molecule has 0 radical (unpaired) electrons. The van der Waals surface area contributed by atoms with Gasteiger partial charge in [-0.25, -0.2) is 8.42 Å². The zero-order valence-electron chi connectivity index (χ0n) is 17.9. The lowest BCUT2D eigenvalue weighted by atomic mass is 10.0. The molecule has 0 amide bonds. The number of aromatic nitrogens is 2. The standard InChI is InChI=1S/C23H28N4O3S/c1-18(2)19-8-10-21(11-9-19)31(28,29)27-16-14-26(15-17-27)13-12-22-24-25-23(30-22)20-6-4-3-5-7-20/h3-11,18H,12-17H2,1-2H3. The largest absolute Gasteiger partial charge is 0.421 e. The highest BCUT2D eigenvalue weighted by Gasteiger charge is 2.28. The fourth-order valence-electron chi connectivity index (χ4n) is 3.67. The Morgan fingerprint density at radius 1 is 0.935 bits per heavy atom. The topological polar surface area (TPSA) is 79.5 Å². The Balaban J connectivity index is 1.30. The molecule has 1 aromatic heterocycles. The molecule has 0 spiro atoms. The van der Waals surface area contributed by atoms with Crippen LogP contribution in [0.15, 0.2) is 63.9 Å². The first-order valence-electron chi connectivity index (χ1n) is 10.6. The van der Waals surface area contributed by atoms with Crippen LogP contribution in [0.4, 0.5) is 0 Å². The van der Waals surface area contributed by atoms with Gasteiger partial charge in [-0.3, -0.25) is 0 Å². The van der Waals surface area contributed by atoms with E-state index < -0.39 is 10.0 Å².